The maximum atomic E-state index is 12.2. The Labute approximate surface area is 155 Å². The van der Waals surface area contributed by atoms with E-state index in [0.717, 1.165) is 32.1 Å². The molecule has 0 radical (unpaired) electrons. The van der Waals surface area contributed by atoms with Crippen LogP contribution in [0.4, 0.5) is 0 Å². The van der Waals surface area contributed by atoms with Crippen molar-refractivity contribution in [2.75, 3.05) is 13.2 Å². The zero-order valence-electron chi connectivity index (χ0n) is 15.5. The van der Waals surface area contributed by atoms with Gasteiger partial charge in [-0.1, -0.05) is 44.7 Å². The molecule has 0 aliphatic rings. The van der Waals surface area contributed by atoms with Crippen molar-refractivity contribution in [2.45, 2.75) is 58.4 Å². The highest BCUT2D eigenvalue weighted by molar-refractivity contribution is 7.46. The first-order valence-electron chi connectivity index (χ1n) is 9.08. The number of ether oxygens (including phenoxy) is 1. The number of hydrogen-bond donors (Lipinski definition) is 3. The molecule has 0 saturated heterocycles. The Balaban J connectivity index is 2.70. The third-order valence-electron chi connectivity index (χ3n) is 3.82. The van der Waals surface area contributed by atoms with Crippen LogP contribution in [0.5, 0.6) is 5.75 Å². The summed E-state index contributed by atoms with van der Waals surface area (Å²) in [5, 5.41) is 2.80. The summed E-state index contributed by atoms with van der Waals surface area (Å²) in [5.74, 6) is 0.461. The Kier molecular flexibility index (Phi) is 10.5. The van der Waals surface area contributed by atoms with Gasteiger partial charge in [-0.05, 0) is 31.0 Å². The summed E-state index contributed by atoms with van der Waals surface area (Å²) >= 11 is 0. The van der Waals surface area contributed by atoms with Gasteiger partial charge in [0.1, 0.15) is 5.75 Å². The van der Waals surface area contributed by atoms with Crippen LogP contribution in [0.3, 0.4) is 0 Å². The summed E-state index contributed by atoms with van der Waals surface area (Å²) in [5.41, 5.74) is 0.670. The van der Waals surface area contributed by atoms with Crippen LogP contribution in [0.2, 0.25) is 0 Å². The summed E-state index contributed by atoms with van der Waals surface area (Å²) in [6.45, 7) is 4.18. The Hall–Kier alpha value is -1.40. The van der Waals surface area contributed by atoms with Gasteiger partial charge in [-0.25, -0.2) is 4.57 Å². The maximum Gasteiger partial charge on any atom is 0.469 e. The number of unbranched alkanes of at least 4 members (excludes halogenated alkanes) is 4. The number of carbonyl (C=O) groups excluding carboxylic acids is 1. The standard InChI is InChI=1S/C18H30NO6P/c1-3-5-6-7-8-12-18(20)19-17(14-25-26(21,22)23)15-10-9-11-16(13-15)24-4-2/h9-11,13,17H,3-8,12,14H2,1-2H3,(H,19,20)(H2,21,22,23). The molecule has 1 unspecified atom stereocenters. The molecule has 148 valence electrons. The first-order valence-corrected chi connectivity index (χ1v) is 10.6. The Morgan fingerprint density at radius 2 is 1.92 bits per heavy atom. The van der Waals surface area contributed by atoms with E-state index < -0.39 is 13.9 Å². The molecule has 0 aliphatic heterocycles. The summed E-state index contributed by atoms with van der Waals surface area (Å²) in [6.07, 6.45) is 5.56. The van der Waals surface area contributed by atoms with Crippen LogP contribution in [0.15, 0.2) is 24.3 Å². The second-order valence-electron chi connectivity index (χ2n) is 6.08. The Bertz CT molecular complexity index is 589. The largest absolute Gasteiger partial charge is 0.494 e. The van der Waals surface area contributed by atoms with Crippen LogP contribution in [-0.4, -0.2) is 28.9 Å². The monoisotopic (exact) mass is 387 g/mol. The smallest absolute Gasteiger partial charge is 0.469 e. The topological polar surface area (TPSA) is 105 Å². The molecule has 26 heavy (non-hydrogen) atoms. The SMILES string of the molecule is CCCCCCCC(=O)NC(COP(=O)(O)O)c1cccc(OCC)c1. The molecule has 7 nitrogen and oxygen atoms in total. The average Bonchev–Trinajstić information content (AvgIpc) is 2.58. The van der Waals surface area contributed by atoms with Gasteiger partial charge in [0.15, 0.2) is 0 Å². The van der Waals surface area contributed by atoms with E-state index in [-0.39, 0.29) is 12.5 Å². The molecule has 1 aromatic carbocycles. The highest BCUT2D eigenvalue weighted by atomic mass is 31.2. The molecule has 1 amide bonds. The van der Waals surface area contributed by atoms with Crippen LogP contribution >= 0.6 is 7.82 Å². The zero-order chi connectivity index (χ0) is 19.4. The number of hydrogen-bond acceptors (Lipinski definition) is 4. The second kappa shape index (κ2) is 12.1. The van der Waals surface area contributed by atoms with Crippen molar-refractivity contribution < 1.29 is 28.4 Å². The Morgan fingerprint density at radius 1 is 1.19 bits per heavy atom. The minimum absolute atomic E-state index is 0.164. The van der Waals surface area contributed by atoms with Crippen molar-refractivity contribution in [1.82, 2.24) is 5.32 Å². The van der Waals surface area contributed by atoms with Crippen LogP contribution in [0.1, 0.15) is 64.0 Å². The van der Waals surface area contributed by atoms with E-state index in [1.807, 2.05) is 6.92 Å². The van der Waals surface area contributed by atoms with E-state index in [2.05, 4.69) is 16.8 Å². The van der Waals surface area contributed by atoms with Gasteiger partial charge in [-0.2, -0.15) is 0 Å². The minimum Gasteiger partial charge on any atom is -0.494 e. The van der Waals surface area contributed by atoms with Gasteiger partial charge in [0.05, 0.1) is 19.3 Å². The van der Waals surface area contributed by atoms with E-state index in [9.17, 15) is 9.36 Å². The number of benzene rings is 1. The summed E-state index contributed by atoms with van der Waals surface area (Å²) < 4.78 is 21.1. The normalized spacial score (nSPS) is 12.6. The molecule has 0 spiro atoms. The molecule has 1 atom stereocenters. The molecule has 0 aliphatic carbocycles. The predicted octanol–water partition coefficient (Wildman–Crippen LogP) is 3.71. The lowest BCUT2D eigenvalue weighted by molar-refractivity contribution is -0.122. The van der Waals surface area contributed by atoms with Crippen molar-refractivity contribution in [3.63, 3.8) is 0 Å². The Morgan fingerprint density at radius 3 is 2.58 bits per heavy atom. The molecule has 0 fully saturated rings. The van der Waals surface area contributed by atoms with E-state index in [1.54, 1.807) is 24.3 Å². The van der Waals surface area contributed by atoms with Crippen LogP contribution in [0.25, 0.3) is 0 Å². The number of phosphoric ester groups is 1. The van der Waals surface area contributed by atoms with Gasteiger partial charge < -0.3 is 19.8 Å². The van der Waals surface area contributed by atoms with E-state index in [0.29, 0.717) is 24.3 Å². The molecule has 1 rings (SSSR count). The molecule has 0 heterocycles. The van der Waals surface area contributed by atoms with Gasteiger partial charge in [-0.15, -0.1) is 0 Å². The summed E-state index contributed by atoms with van der Waals surface area (Å²) in [4.78, 5) is 30.1. The van der Waals surface area contributed by atoms with Crippen LogP contribution in [0, 0.1) is 0 Å². The van der Waals surface area contributed by atoms with E-state index in [4.69, 9.17) is 14.5 Å². The lowest BCUT2D eigenvalue weighted by atomic mass is 10.1. The number of carbonyl (C=O) groups is 1. The van der Waals surface area contributed by atoms with Gasteiger partial charge in [-0.3, -0.25) is 9.32 Å². The summed E-state index contributed by atoms with van der Waals surface area (Å²) in [6, 6.07) is 6.38. The highest BCUT2D eigenvalue weighted by Crippen LogP contribution is 2.37. The number of amides is 1. The quantitative estimate of drug-likeness (QED) is 0.352. The fourth-order valence-electron chi connectivity index (χ4n) is 2.54. The third-order valence-corrected chi connectivity index (χ3v) is 4.31. The average molecular weight is 387 g/mol. The molecular weight excluding hydrogens is 357 g/mol. The fourth-order valence-corrected chi connectivity index (χ4v) is 2.88. The molecule has 0 aromatic heterocycles. The van der Waals surface area contributed by atoms with Crippen molar-refractivity contribution in [1.29, 1.82) is 0 Å². The van der Waals surface area contributed by atoms with E-state index >= 15 is 0 Å². The lowest BCUT2D eigenvalue weighted by Gasteiger charge is -2.20. The lowest BCUT2D eigenvalue weighted by Crippen LogP contribution is -2.31. The molecule has 1 aromatic rings. The minimum atomic E-state index is -4.62. The van der Waals surface area contributed by atoms with Crippen LogP contribution in [-0.2, 0) is 13.9 Å². The number of rotatable bonds is 13. The van der Waals surface area contributed by atoms with Crippen molar-refractivity contribution >= 4 is 13.7 Å². The molecule has 3 N–H and O–H groups in total. The second-order valence-corrected chi connectivity index (χ2v) is 7.32. The number of phosphoric acid groups is 1. The van der Waals surface area contributed by atoms with Gasteiger partial charge in [0, 0.05) is 6.42 Å². The predicted molar refractivity (Wildman–Crippen MR) is 99.9 cm³/mol. The van der Waals surface area contributed by atoms with Crippen molar-refractivity contribution in [3.8, 4) is 5.75 Å². The number of nitrogens with one attached hydrogen (secondary N) is 1. The van der Waals surface area contributed by atoms with E-state index in [1.165, 1.54) is 0 Å². The first-order chi connectivity index (χ1) is 12.4. The van der Waals surface area contributed by atoms with Gasteiger partial charge in [0.2, 0.25) is 5.91 Å². The first kappa shape index (κ1) is 22.6. The molecule has 8 heteroatoms. The fraction of sp³-hybridized carbons (Fsp3) is 0.611. The zero-order valence-corrected chi connectivity index (χ0v) is 16.4. The van der Waals surface area contributed by atoms with Crippen molar-refractivity contribution in [3.05, 3.63) is 29.8 Å². The third kappa shape index (κ3) is 9.92. The van der Waals surface area contributed by atoms with Crippen molar-refractivity contribution in [2.24, 2.45) is 0 Å². The maximum absolute atomic E-state index is 12.2. The highest BCUT2D eigenvalue weighted by Gasteiger charge is 2.21. The van der Waals surface area contributed by atoms with Crippen LogP contribution < -0.4 is 10.1 Å². The summed E-state index contributed by atoms with van der Waals surface area (Å²) in [7, 11) is -4.62. The molecule has 0 saturated carbocycles. The van der Waals surface area contributed by atoms with Gasteiger partial charge >= 0.3 is 7.82 Å². The van der Waals surface area contributed by atoms with Gasteiger partial charge in [0.25, 0.3) is 0 Å². The molecular formula is C18H30NO6P. The molecule has 0 bridgehead atoms.